The molecule has 1 fully saturated rings. The van der Waals surface area contributed by atoms with Gasteiger partial charge in [0, 0.05) is 29.1 Å². The topological polar surface area (TPSA) is 59.4 Å². The average molecular weight is 239 g/mol. The first-order valence-corrected chi connectivity index (χ1v) is 6.02. The van der Waals surface area contributed by atoms with E-state index in [4.69, 9.17) is 9.84 Å². The molecule has 0 bridgehead atoms. The third kappa shape index (κ3) is 2.36. The van der Waals surface area contributed by atoms with Crippen molar-refractivity contribution < 1.29 is 14.6 Å². The van der Waals surface area contributed by atoms with Crippen LogP contribution < -0.4 is 0 Å². The van der Waals surface area contributed by atoms with Crippen molar-refractivity contribution in [3.8, 4) is 0 Å². The van der Waals surface area contributed by atoms with E-state index in [1.807, 2.05) is 6.92 Å². The molecule has 0 radical (unpaired) electrons. The fourth-order valence-corrected chi connectivity index (χ4v) is 2.89. The Hall–Kier alpha value is -1.07. The molecule has 16 heavy (non-hydrogen) atoms. The molecule has 1 aromatic heterocycles. The van der Waals surface area contributed by atoms with Crippen molar-refractivity contribution >= 4 is 17.7 Å². The molecule has 0 spiro atoms. The van der Waals surface area contributed by atoms with Crippen LogP contribution in [0, 0.1) is 0 Å². The first kappa shape index (κ1) is 11.4. The summed E-state index contributed by atoms with van der Waals surface area (Å²) in [5, 5.41) is 9.35. The first-order chi connectivity index (χ1) is 7.68. The molecule has 1 aromatic rings. The number of aromatic carboxylic acids is 1. The highest BCUT2D eigenvalue weighted by molar-refractivity contribution is 8.00. The Morgan fingerprint density at radius 3 is 3.12 bits per heavy atom. The van der Waals surface area contributed by atoms with Crippen molar-refractivity contribution in [3.05, 3.63) is 24.0 Å². The van der Waals surface area contributed by atoms with Crippen LogP contribution in [-0.2, 0) is 4.74 Å². The average Bonchev–Trinajstić information content (AvgIpc) is 2.65. The molecule has 86 valence electrons. The van der Waals surface area contributed by atoms with E-state index in [0.29, 0.717) is 5.25 Å². The summed E-state index contributed by atoms with van der Waals surface area (Å²) in [7, 11) is 0. The summed E-state index contributed by atoms with van der Waals surface area (Å²) in [6, 6.07) is 1.75. The number of hydrogen-bond donors (Lipinski definition) is 1. The zero-order chi connectivity index (χ0) is 11.5. The Morgan fingerprint density at radius 1 is 1.69 bits per heavy atom. The number of aromatic nitrogens is 1. The van der Waals surface area contributed by atoms with Crippen LogP contribution in [0.5, 0.6) is 0 Å². The van der Waals surface area contributed by atoms with Crippen molar-refractivity contribution in [1.82, 2.24) is 4.98 Å². The molecule has 0 amide bonds. The van der Waals surface area contributed by atoms with Gasteiger partial charge in [0.15, 0.2) is 0 Å². The highest BCUT2D eigenvalue weighted by Gasteiger charge is 2.26. The van der Waals surface area contributed by atoms with Crippen molar-refractivity contribution in [3.63, 3.8) is 0 Å². The number of rotatable bonds is 3. The molecule has 2 rings (SSSR count). The Balaban J connectivity index is 2.17. The van der Waals surface area contributed by atoms with Crippen molar-refractivity contribution in [2.75, 3.05) is 6.61 Å². The summed E-state index contributed by atoms with van der Waals surface area (Å²) in [6.07, 6.45) is 4.16. The molecular weight excluding hydrogens is 226 g/mol. The van der Waals surface area contributed by atoms with E-state index < -0.39 is 5.97 Å². The second kappa shape index (κ2) is 4.84. The van der Waals surface area contributed by atoms with Gasteiger partial charge < -0.3 is 9.84 Å². The fraction of sp³-hybridized carbons (Fsp3) is 0.455. The summed E-state index contributed by atoms with van der Waals surface area (Å²) < 4.78 is 5.45. The molecule has 2 heterocycles. The Labute approximate surface area is 98.0 Å². The van der Waals surface area contributed by atoms with Gasteiger partial charge >= 0.3 is 5.97 Å². The van der Waals surface area contributed by atoms with Gasteiger partial charge in [0.2, 0.25) is 0 Å². The molecule has 0 saturated carbocycles. The molecule has 4 nitrogen and oxygen atoms in total. The SMILES string of the molecule is CC1OCCC1Sc1ccncc1C(=O)O. The second-order valence-corrected chi connectivity index (χ2v) is 4.98. The van der Waals surface area contributed by atoms with E-state index in [9.17, 15) is 4.79 Å². The molecule has 0 aliphatic carbocycles. The summed E-state index contributed by atoms with van der Waals surface area (Å²) in [5.41, 5.74) is 0.270. The van der Waals surface area contributed by atoms with Gasteiger partial charge in [0.1, 0.15) is 0 Å². The largest absolute Gasteiger partial charge is 0.478 e. The summed E-state index contributed by atoms with van der Waals surface area (Å²) in [5.74, 6) is -0.929. The molecule has 0 aromatic carbocycles. The van der Waals surface area contributed by atoms with Crippen LogP contribution in [0.2, 0.25) is 0 Å². The molecule has 2 unspecified atom stereocenters. The molecule has 1 saturated heterocycles. The number of carboxylic acid groups (broad SMARTS) is 1. The predicted octanol–water partition coefficient (Wildman–Crippen LogP) is 2.05. The summed E-state index contributed by atoms with van der Waals surface area (Å²) in [4.78, 5) is 15.6. The van der Waals surface area contributed by atoms with Gasteiger partial charge in [0.05, 0.1) is 11.7 Å². The lowest BCUT2D eigenvalue weighted by Crippen LogP contribution is -2.14. The maximum absolute atomic E-state index is 11.0. The summed E-state index contributed by atoms with van der Waals surface area (Å²) >= 11 is 1.57. The minimum atomic E-state index is -0.929. The van der Waals surface area contributed by atoms with Gasteiger partial charge in [-0.2, -0.15) is 0 Å². The number of carbonyl (C=O) groups is 1. The molecule has 1 aliphatic rings. The number of hydrogen-bond acceptors (Lipinski definition) is 4. The lowest BCUT2D eigenvalue weighted by Gasteiger charge is -2.14. The molecular formula is C11H13NO3S. The molecule has 1 N–H and O–H groups in total. The van der Waals surface area contributed by atoms with E-state index >= 15 is 0 Å². The molecule has 1 aliphatic heterocycles. The van der Waals surface area contributed by atoms with Crippen LogP contribution in [0.1, 0.15) is 23.7 Å². The van der Waals surface area contributed by atoms with Crippen LogP contribution in [-0.4, -0.2) is 34.0 Å². The second-order valence-electron chi connectivity index (χ2n) is 3.70. The normalized spacial score (nSPS) is 24.6. The van der Waals surface area contributed by atoms with Gasteiger partial charge in [-0.25, -0.2) is 4.79 Å². The van der Waals surface area contributed by atoms with Crippen LogP contribution in [0.4, 0.5) is 0 Å². The van der Waals surface area contributed by atoms with Crippen molar-refractivity contribution in [2.24, 2.45) is 0 Å². The number of carboxylic acids is 1. The zero-order valence-electron chi connectivity index (χ0n) is 8.92. The van der Waals surface area contributed by atoms with Gasteiger partial charge in [-0.15, -0.1) is 11.8 Å². The van der Waals surface area contributed by atoms with Crippen LogP contribution in [0.3, 0.4) is 0 Å². The maximum atomic E-state index is 11.0. The van der Waals surface area contributed by atoms with Crippen molar-refractivity contribution in [2.45, 2.75) is 29.6 Å². The Kier molecular flexibility index (Phi) is 3.46. The van der Waals surface area contributed by atoms with Gasteiger partial charge in [0.25, 0.3) is 0 Å². The quantitative estimate of drug-likeness (QED) is 0.874. The van der Waals surface area contributed by atoms with Crippen LogP contribution in [0.25, 0.3) is 0 Å². The Morgan fingerprint density at radius 2 is 2.50 bits per heavy atom. The minimum Gasteiger partial charge on any atom is -0.478 e. The number of ether oxygens (including phenoxy) is 1. The lowest BCUT2D eigenvalue weighted by molar-refractivity contribution is 0.0692. The Bertz CT molecular complexity index is 397. The molecule has 5 heteroatoms. The zero-order valence-corrected chi connectivity index (χ0v) is 9.74. The summed E-state index contributed by atoms with van der Waals surface area (Å²) in [6.45, 7) is 2.78. The van der Waals surface area contributed by atoms with E-state index in [0.717, 1.165) is 17.9 Å². The van der Waals surface area contributed by atoms with Crippen LogP contribution in [0.15, 0.2) is 23.4 Å². The predicted molar refractivity (Wildman–Crippen MR) is 60.9 cm³/mol. The number of nitrogens with zero attached hydrogens (tertiary/aromatic N) is 1. The van der Waals surface area contributed by atoms with Crippen LogP contribution >= 0.6 is 11.8 Å². The van der Waals surface area contributed by atoms with Gasteiger partial charge in [-0.05, 0) is 19.4 Å². The van der Waals surface area contributed by atoms with E-state index in [-0.39, 0.29) is 11.7 Å². The number of thioether (sulfide) groups is 1. The van der Waals surface area contributed by atoms with E-state index in [1.54, 1.807) is 24.0 Å². The number of pyridine rings is 1. The van der Waals surface area contributed by atoms with E-state index in [2.05, 4.69) is 4.98 Å². The van der Waals surface area contributed by atoms with Gasteiger partial charge in [-0.3, -0.25) is 4.98 Å². The highest BCUT2D eigenvalue weighted by atomic mass is 32.2. The maximum Gasteiger partial charge on any atom is 0.338 e. The highest BCUT2D eigenvalue weighted by Crippen LogP contribution is 2.33. The fourth-order valence-electron chi connectivity index (χ4n) is 1.68. The third-order valence-electron chi connectivity index (χ3n) is 2.60. The first-order valence-electron chi connectivity index (χ1n) is 5.14. The van der Waals surface area contributed by atoms with Gasteiger partial charge in [-0.1, -0.05) is 0 Å². The standard InChI is InChI=1S/C11H13NO3S/c1-7-9(3-5-15-7)16-10-2-4-12-6-8(10)11(13)14/h2,4,6-7,9H,3,5H2,1H3,(H,13,14). The third-order valence-corrected chi connectivity index (χ3v) is 4.13. The lowest BCUT2D eigenvalue weighted by atomic mass is 10.2. The van der Waals surface area contributed by atoms with Crippen molar-refractivity contribution in [1.29, 1.82) is 0 Å². The molecule has 2 atom stereocenters. The minimum absolute atomic E-state index is 0.180. The van der Waals surface area contributed by atoms with E-state index in [1.165, 1.54) is 6.20 Å². The monoisotopic (exact) mass is 239 g/mol. The smallest absolute Gasteiger partial charge is 0.338 e.